The van der Waals surface area contributed by atoms with Gasteiger partial charge >= 0.3 is 0 Å². The Morgan fingerprint density at radius 3 is 2.25 bits per heavy atom. The van der Waals surface area contributed by atoms with E-state index in [9.17, 15) is 13.2 Å². The average molecular weight is 403 g/mol. The third-order valence-corrected chi connectivity index (χ3v) is 6.45. The summed E-state index contributed by atoms with van der Waals surface area (Å²) in [6.45, 7) is 6.56. The Morgan fingerprint density at radius 1 is 0.964 bits per heavy atom. The zero-order chi connectivity index (χ0) is 20.4. The second kappa shape index (κ2) is 10.9. The zero-order valence-electron chi connectivity index (χ0n) is 16.7. The van der Waals surface area contributed by atoms with Gasteiger partial charge in [-0.3, -0.25) is 4.79 Å². The number of anilines is 1. The van der Waals surface area contributed by atoms with Crippen molar-refractivity contribution in [1.82, 2.24) is 5.32 Å². The van der Waals surface area contributed by atoms with Crippen LogP contribution in [-0.2, 0) is 9.84 Å². The van der Waals surface area contributed by atoms with Crippen molar-refractivity contribution in [3.8, 4) is 0 Å². The van der Waals surface area contributed by atoms with Crippen molar-refractivity contribution in [2.75, 3.05) is 30.3 Å². The molecule has 1 N–H and O–H groups in total. The van der Waals surface area contributed by atoms with Crippen LogP contribution >= 0.6 is 0 Å². The summed E-state index contributed by atoms with van der Waals surface area (Å²) < 4.78 is 24.5. The van der Waals surface area contributed by atoms with Gasteiger partial charge in [-0.05, 0) is 56.2 Å². The minimum Gasteiger partial charge on any atom is -0.372 e. The molecule has 6 heteroatoms. The summed E-state index contributed by atoms with van der Waals surface area (Å²) >= 11 is 0. The van der Waals surface area contributed by atoms with Gasteiger partial charge in [-0.15, -0.1) is 0 Å². The average Bonchev–Trinajstić information content (AvgIpc) is 2.72. The fourth-order valence-electron chi connectivity index (χ4n) is 2.95. The minimum absolute atomic E-state index is 0.0130. The molecule has 0 aliphatic heterocycles. The van der Waals surface area contributed by atoms with Crippen LogP contribution in [-0.4, -0.2) is 39.7 Å². The molecule has 0 aliphatic rings. The molecule has 0 bridgehead atoms. The lowest BCUT2D eigenvalue weighted by atomic mass is 10.1. The van der Waals surface area contributed by atoms with E-state index >= 15 is 0 Å². The molecule has 0 saturated carbocycles. The van der Waals surface area contributed by atoms with Crippen molar-refractivity contribution in [1.29, 1.82) is 0 Å². The van der Waals surface area contributed by atoms with Crippen molar-refractivity contribution >= 4 is 21.4 Å². The van der Waals surface area contributed by atoms with Crippen molar-refractivity contribution in [3.05, 3.63) is 60.2 Å². The Hall–Kier alpha value is -2.34. The van der Waals surface area contributed by atoms with Gasteiger partial charge in [0.1, 0.15) is 0 Å². The Labute approximate surface area is 168 Å². The quantitative estimate of drug-likeness (QED) is 0.579. The van der Waals surface area contributed by atoms with E-state index in [0.29, 0.717) is 23.4 Å². The van der Waals surface area contributed by atoms with Gasteiger partial charge in [0.05, 0.1) is 10.6 Å². The van der Waals surface area contributed by atoms with Crippen molar-refractivity contribution < 1.29 is 13.2 Å². The first-order valence-electron chi connectivity index (χ1n) is 9.89. The van der Waals surface area contributed by atoms with Crippen LogP contribution in [0.15, 0.2) is 59.5 Å². The Balaban J connectivity index is 1.83. The minimum atomic E-state index is -3.31. The summed E-state index contributed by atoms with van der Waals surface area (Å²) in [4.78, 5) is 14.9. The van der Waals surface area contributed by atoms with Crippen LogP contribution in [0.2, 0.25) is 0 Å². The molecule has 0 saturated heterocycles. The molecule has 0 fully saturated rings. The van der Waals surface area contributed by atoms with Crippen LogP contribution in [0.25, 0.3) is 0 Å². The molecule has 2 rings (SSSR count). The number of nitrogens with one attached hydrogen (secondary N) is 1. The van der Waals surface area contributed by atoms with E-state index in [-0.39, 0.29) is 11.7 Å². The summed E-state index contributed by atoms with van der Waals surface area (Å²) in [5.74, 6) is -0.167. The van der Waals surface area contributed by atoms with Gasteiger partial charge in [-0.25, -0.2) is 8.42 Å². The molecule has 0 spiro atoms. The molecule has 1 amide bonds. The molecule has 0 radical (unpaired) electrons. The highest BCUT2D eigenvalue weighted by atomic mass is 32.2. The first-order valence-corrected chi connectivity index (χ1v) is 11.5. The largest absolute Gasteiger partial charge is 0.372 e. The number of rotatable bonds is 11. The third kappa shape index (κ3) is 6.37. The smallest absolute Gasteiger partial charge is 0.251 e. The van der Waals surface area contributed by atoms with Gasteiger partial charge in [-0.1, -0.05) is 31.5 Å². The van der Waals surface area contributed by atoms with Gasteiger partial charge in [-0.2, -0.15) is 0 Å². The summed E-state index contributed by atoms with van der Waals surface area (Å²) in [6, 6.07) is 16.0. The Kier molecular flexibility index (Phi) is 8.51. The van der Waals surface area contributed by atoms with E-state index in [0.717, 1.165) is 31.6 Å². The molecular formula is C22H30N2O3S. The molecule has 2 aromatic rings. The summed E-state index contributed by atoms with van der Waals surface area (Å²) in [5.41, 5.74) is 1.70. The summed E-state index contributed by atoms with van der Waals surface area (Å²) in [7, 11) is -3.31. The highest BCUT2D eigenvalue weighted by molar-refractivity contribution is 7.91. The van der Waals surface area contributed by atoms with E-state index in [1.165, 1.54) is 0 Å². The van der Waals surface area contributed by atoms with E-state index in [2.05, 4.69) is 24.1 Å². The number of carbonyl (C=O) groups is 1. The van der Waals surface area contributed by atoms with E-state index in [1.54, 1.807) is 30.3 Å². The highest BCUT2D eigenvalue weighted by Crippen LogP contribution is 2.16. The number of nitrogens with zero attached hydrogens (tertiary/aromatic N) is 1. The fraction of sp³-hybridized carbons (Fsp3) is 0.409. The van der Waals surface area contributed by atoms with Crippen molar-refractivity contribution in [2.45, 2.75) is 38.0 Å². The number of hydrogen-bond donors (Lipinski definition) is 1. The second-order valence-electron chi connectivity index (χ2n) is 6.72. The number of carbonyl (C=O) groups excluding carboxylic acids is 1. The van der Waals surface area contributed by atoms with Crippen LogP contribution in [0.3, 0.4) is 0 Å². The SMILES string of the molecule is CCCCN(CC)c1ccc(C(=O)NCCCS(=O)(=O)c2ccccc2)cc1. The first kappa shape index (κ1) is 22.0. The van der Waals surface area contributed by atoms with Crippen LogP contribution in [0.1, 0.15) is 43.5 Å². The van der Waals surface area contributed by atoms with E-state index in [1.807, 2.05) is 24.3 Å². The van der Waals surface area contributed by atoms with Crippen LogP contribution in [0.5, 0.6) is 0 Å². The molecule has 0 heterocycles. The Morgan fingerprint density at radius 2 is 1.64 bits per heavy atom. The number of unbranched alkanes of at least 4 members (excludes halogenated alkanes) is 1. The van der Waals surface area contributed by atoms with Crippen LogP contribution in [0, 0.1) is 0 Å². The van der Waals surface area contributed by atoms with Crippen LogP contribution < -0.4 is 10.2 Å². The predicted octanol–water partition coefficient (Wildman–Crippen LogP) is 3.91. The molecular weight excluding hydrogens is 372 g/mol. The van der Waals surface area contributed by atoms with Crippen molar-refractivity contribution in [3.63, 3.8) is 0 Å². The molecule has 2 aromatic carbocycles. The standard InChI is InChI=1S/C22H30N2O3S/c1-3-5-17-24(4-2)20-14-12-19(13-15-20)22(25)23-16-9-18-28(26,27)21-10-7-6-8-11-21/h6-8,10-15H,3-5,9,16-18H2,1-2H3,(H,23,25). The molecule has 0 aliphatic carbocycles. The highest BCUT2D eigenvalue weighted by Gasteiger charge is 2.14. The maximum Gasteiger partial charge on any atom is 0.251 e. The van der Waals surface area contributed by atoms with E-state index in [4.69, 9.17) is 0 Å². The van der Waals surface area contributed by atoms with E-state index < -0.39 is 9.84 Å². The van der Waals surface area contributed by atoms with Gasteiger partial charge in [0.25, 0.3) is 5.91 Å². The molecule has 152 valence electrons. The van der Waals surface area contributed by atoms with Gasteiger partial charge in [0, 0.05) is 30.9 Å². The van der Waals surface area contributed by atoms with Crippen LogP contribution in [0.4, 0.5) is 5.69 Å². The fourth-order valence-corrected chi connectivity index (χ4v) is 4.29. The normalized spacial score (nSPS) is 11.2. The lowest BCUT2D eigenvalue weighted by Crippen LogP contribution is -2.26. The molecule has 28 heavy (non-hydrogen) atoms. The lowest BCUT2D eigenvalue weighted by molar-refractivity contribution is 0.0953. The maximum atomic E-state index is 12.3. The zero-order valence-corrected chi connectivity index (χ0v) is 17.5. The molecule has 5 nitrogen and oxygen atoms in total. The Bertz CT molecular complexity index is 834. The van der Waals surface area contributed by atoms with Crippen molar-refractivity contribution in [2.24, 2.45) is 0 Å². The number of hydrogen-bond acceptors (Lipinski definition) is 4. The summed E-state index contributed by atoms with van der Waals surface area (Å²) in [5, 5.41) is 2.80. The summed E-state index contributed by atoms with van der Waals surface area (Å²) in [6.07, 6.45) is 2.67. The molecule has 0 aromatic heterocycles. The maximum absolute atomic E-state index is 12.3. The number of benzene rings is 2. The number of sulfone groups is 1. The van der Waals surface area contributed by atoms with Gasteiger partial charge in [0.15, 0.2) is 9.84 Å². The topological polar surface area (TPSA) is 66.5 Å². The molecule has 0 atom stereocenters. The number of amides is 1. The lowest BCUT2D eigenvalue weighted by Gasteiger charge is -2.23. The third-order valence-electron chi connectivity index (χ3n) is 4.64. The predicted molar refractivity (Wildman–Crippen MR) is 115 cm³/mol. The second-order valence-corrected chi connectivity index (χ2v) is 8.83. The molecule has 0 unspecified atom stereocenters. The monoisotopic (exact) mass is 402 g/mol. The first-order chi connectivity index (χ1) is 13.5. The van der Waals surface area contributed by atoms with Gasteiger partial charge in [0.2, 0.25) is 0 Å². The van der Waals surface area contributed by atoms with Gasteiger partial charge < -0.3 is 10.2 Å².